The highest BCUT2D eigenvalue weighted by Crippen LogP contribution is 2.24. The van der Waals surface area contributed by atoms with Crippen LogP contribution in [0.5, 0.6) is 0 Å². The highest BCUT2D eigenvalue weighted by Gasteiger charge is 2.46. The molecule has 1 fully saturated rings. The third-order valence-electron chi connectivity index (χ3n) is 4.90. The van der Waals surface area contributed by atoms with Crippen molar-refractivity contribution >= 4 is 24.1 Å². The molecule has 0 aliphatic carbocycles. The number of ether oxygens (including phenoxy) is 2. The Morgan fingerprint density at radius 3 is 2.38 bits per heavy atom. The van der Waals surface area contributed by atoms with Gasteiger partial charge in [-0.25, -0.2) is 0 Å². The van der Waals surface area contributed by atoms with Crippen molar-refractivity contribution in [3.8, 4) is 0 Å². The number of amides is 2. The summed E-state index contributed by atoms with van der Waals surface area (Å²) >= 11 is 0. The van der Waals surface area contributed by atoms with Crippen molar-refractivity contribution in [2.75, 3.05) is 13.2 Å². The van der Waals surface area contributed by atoms with Crippen molar-refractivity contribution in [2.45, 2.75) is 82.4 Å². The van der Waals surface area contributed by atoms with Gasteiger partial charge < -0.3 is 45.9 Å². The second kappa shape index (κ2) is 12.8. The Kier molecular flexibility index (Phi) is 11.1. The summed E-state index contributed by atoms with van der Waals surface area (Å²) in [5, 5.41) is 41.4. The second-order valence-corrected chi connectivity index (χ2v) is 7.72. The fourth-order valence-corrected chi connectivity index (χ4v) is 3.39. The quantitative estimate of drug-likeness (QED) is 0.171. The minimum absolute atomic E-state index is 0.191. The molecule has 7 N–H and O–H groups in total. The van der Waals surface area contributed by atoms with Crippen LogP contribution in [-0.2, 0) is 28.7 Å². The molecular formula is C19H32N3O10. The highest BCUT2D eigenvalue weighted by molar-refractivity contribution is 5.84. The Bertz CT molecular complexity index is 661. The molecule has 0 bridgehead atoms. The maximum Gasteiger partial charge on any atom is 0.303 e. The molecule has 0 saturated carbocycles. The van der Waals surface area contributed by atoms with Gasteiger partial charge in [0.2, 0.25) is 18.1 Å². The first-order valence-corrected chi connectivity index (χ1v) is 10.1. The van der Waals surface area contributed by atoms with Gasteiger partial charge in [0.1, 0.15) is 24.4 Å². The maximum absolute atomic E-state index is 12.6. The summed E-state index contributed by atoms with van der Waals surface area (Å²) in [4.78, 5) is 47.5. The van der Waals surface area contributed by atoms with Crippen LogP contribution in [-0.4, -0.2) is 111 Å². The number of carbonyl (C=O) groups is 3. The van der Waals surface area contributed by atoms with Crippen molar-refractivity contribution in [2.24, 2.45) is 5.73 Å². The Labute approximate surface area is 185 Å². The van der Waals surface area contributed by atoms with E-state index in [1.165, 1.54) is 20.8 Å². The first kappa shape index (κ1) is 27.9. The lowest BCUT2D eigenvalue weighted by Crippen LogP contribution is -2.65. The van der Waals surface area contributed by atoms with Crippen LogP contribution in [0.15, 0.2) is 0 Å². The number of nitrogens with one attached hydrogen (secondary N) is 1. The molecule has 2 amide bonds. The van der Waals surface area contributed by atoms with Crippen LogP contribution in [0.1, 0.15) is 33.6 Å². The van der Waals surface area contributed by atoms with E-state index in [2.05, 4.69) is 5.32 Å². The van der Waals surface area contributed by atoms with Crippen LogP contribution < -0.4 is 11.1 Å². The number of rotatable bonds is 12. The minimum atomic E-state index is -1.59. The van der Waals surface area contributed by atoms with Gasteiger partial charge in [-0.1, -0.05) is 0 Å². The van der Waals surface area contributed by atoms with Crippen molar-refractivity contribution in [1.29, 1.82) is 0 Å². The predicted molar refractivity (Wildman–Crippen MR) is 108 cm³/mol. The molecule has 1 unspecified atom stereocenters. The monoisotopic (exact) mass is 462 g/mol. The lowest BCUT2D eigenvalue weighted by atomic mass is 9.96. The van der Waals surface area contributed by atoms with Crippen LogP contribution in [0.2, 0.25) is 0 Å². The Hall–Kier alpha value is -2.16. The zero-order valence-corrected chi connectivity index (χ0v) is 18.2. The average Bonchev–Trinajstić information content (AvgIpc) is 2.71. The predicted octanol–water partition coefficient (Wildman–Crippen LogP) is -3.15. The van der Waals surface area contributed by atoms with Crippen LogP contribution in [0.4, 0.5) is 0 Å². The number of hydrogen-bond acceptors (Lipinski definition) is 10. The summed E-state index contributed by atoms with van der Waals surface area (Å²) in [6, 6.07) is -3.38. The topological polar surface area (TPSA) is 209 Å². The highest BCUT2D eigenvalue weighted by atomic mass is 16.6. The number of carbonyl (C=O) groups excluding carboxylic acids is 3. The van der Waals surface area contributed by atoms with E-state index in [0.717, 1.165) is 4.90 Å². The standard InChI is InChI=1S/C19H32N3O10/c1-9(6-22(18(29)10(2)20)12(7-23)4-5-14(26)27)31-17-15(21-11(3)25)19(30)32-13(8-24)16(17)28/h9-10,12-13,15-17,19,24,28,30H,4-6,8,20H2,1-3H3,(H,21,25)(H,26,27)/t9?,10-,12+,13+,15+,16+,17+,19-/m0/s1. The fraction of sp³-hybridized carbons (Fsp3) is 0.789. The van der Waals surface area contributed by atoms with Gasteiger partial charge in [-0.2, -0.15) is 0 Å². The number of nitrogens with zero attached hydrogens (tertiary/aromatic N) is 1. The largest absolute Gasteiger partial charge is 0.481 e. The summed E-state index contributed by atoms with van der Waals surface area (Å²) in [7, 11) is 0. The van der Waals surface area contributed by atoms with E-state index < -0.39 is 73.2 Å². The molecule has 32 heavy (non-hydrogen) atoms. The molecule has 183 valence electrons. The van der Waals surface area contributed by atoms with Crippen LogP contribution in [0.3, 0.4) is 0 Å². The minimum Gasteiger partial charge on any atom is -0.481 e. The number of carboxylic acids is 1. The molecule has 8 atom stereocenters. The van der Waals surface area contributed by atoms with E-state index in [9.17, 15) is 34.5 Å². The van der Waals surface area contributed by atoms with Gasteiger partial charge in [0.05, 0.1) is 24.8 Å². The first-order chi connectivity index (χ1) is 14.9. The van der Waals surface area contributed by atoms with Crippen LogP contribution >= 0.6 is 0 Å². The second-order valence-electron chi connectivity index (χ2n) is 7.72. The number of aliphatic carboxylic acids is 1. The van der Waals surface area contributed by atoms with E-state index in [4.69, 9.17) is 20.3 Å². The molecule has 0 aromatic heterocycles. The zero-order valence-electron chi connectivity index (χ0n) is 18.2. The van der Waals surface area contributed by atoms with Crippen molar-refractivity contribution in [1.82, 2.24) is 10.2 Å². The number of aliphatic hydroxyl groups excluding tert-OH is 3. The summed E-state index contributed by atoms with van der Waals surface area (Å²) < 4.78 is 10.9. The fourth-order valence-electron chi connectivity index (χ4n) is 3.39. The van der Waals surface area contributed by atoms with Gasteiger partial charge >= 0.3 is 5.97 Å². The van der Waals surface area contributed by atoms with E-state index >= 15 is 0 Å². The van der Waals surface area contributed by atoms with Gasteiger partial charge in [0.25, 0.3) is 0 Å². The Morgan fingerprint density at radius 2 is 1.91 bits per heavy atom. The lowest BCUT2D eigenvalue weighted by molar-refractivity contribution is -0.268. The summed E-state index contributed by atoms with van der Waals surface area (Å²) in [6.07, 6.45) is -5.27. The number of hydrogen-bond donors (Lipinski definition) is 6. The maximum atomic E-state index is 12.6. The Balaban J connectivity index is 3.06. The third-order valence-corrected chi connectivity index (χ3v) is 4.90. The van der Waals surface area contributed by atoms with E-state index in [1.54, 1.807) is 6.29 Å². The molecule has 1 aliphatic heterocycles. The molecule has 0 spiro atoms. The molecule has 0 aromatic carbocycles. The van der Waals surface area contributed by atoms with E-state index in [1.807, 2.05) is 0 Å². The molecule has 13 heteroatoms. The summed E-state index contributed by atoms with van der Waals surface area (Å²) in [5.41, 5.74) is 5.66. The van der Waals surface area contributed by atoms with Crippen molar-refractivity contribution in [3.05, 3.63) is 0 Å². The van der Waals surface area contributed by atoms with Crippen molar-refractivity contribution < 1.29 is 49.1 Å². The molecule has 0 aromatic rings. The molecule has 13 nitrogen and oxygen atoms in total. The SMILES string of the molecule is CC(=O)N[C@@H]1[C@@H](OC(C)CN(C(=O)[C@H](C)N)[C@@H]([C]=O)CCC(=O)O)[C@H](O)[C@@H](CO)O[C@@H]1O. The molecule has 1 heterocycles. The van der Waals surface area contributed by atoms with Crippen molar-refractivity contribution in [3.63, 3.8) is 0 Å². The lowest BCUT2D eigenvalue weighted by Gasteiger charge is -2.44. The van der Waals surface area contributed by atoms with Crippen LogP contribution in [0.25, 0.3) is 0 Å². The number of aliphatic hydroxyl groups is 3. The molecular weight excluding hydrogens is 430 g/mol. The summed E-state index contributed by atoms with van der Waals surface area (Å²) in [6.45, 7) is 3.24. The van der Waals surface area contributed by atoms with Gasteiger partial charge in [0, 0.05) is 19.9 Å². The zero-order chi connectivity index (χ0) is 24.6. The van der Waals surface area contributed by atoms with Gasteiger partial charge in [-0.05, 0) is 20.3 Å². The number of carboxylic acid groups (broad SMARTS) is 1. The first-order valence-electron chi connectivity index (χ1n) is 10.1. The molecule has 1 rings (SSSR count). The molecule has 1 saturated heterocycles. The van der Waals surface area contributed by atoms with Gasteiger partial charge in [-0.15, -0.1) is 0 Å². The van der Waals surface area contributed by atoms with E-state index in [0.29, 0.717) is 0 Å². The third kappa shape index (κ3) is 7.76. The van der Waals surface area contributed by atoms with Crippen LogP contribution in [0, 0.1) is 0 Å². The molecule has 1 radical (unpaired) electrons. The van der Waals surface area contributed by atoms with Gasteiger partial charge in [-0.3, -0.25) is 19.2 Å². The number of nitrogens with two attached hydrogens (primary N) is 1. The smallest absolute Gasteiger partial charge is 0.303 e. The normalized spacial score (nSPS) is 28.3. The summed E-state index contributed by atoms with van der Waals surface area (Å²) in [5.74, 6) is -2.33. The van der Waals surface area contributed by atoms with E-state index in [-0.39, 0.29) is 19.4 Å². The molecule has 1 aliphatic rings. The Morgan fingerprint density at radius 1 is 1.28 bits per heavy atom. The average molecular weight is 462 g/mol. The van der Waals surface area contributed by atoms with Gasteiger partial charge in [0.15, 0.2) is 6.29 Å².